The van der Waals surface area contributed by atoms with Crippen LogP contribution in [0.2, 0.25) is 5.15 Å². The number of piperidine rings is 1. The van der Waals surface area contributed by atoms with E-state index in [-0.39, 0.29) is 18.1 Å². The highest BCUT2D eigenvalue weighted by Crippen LogP contribution is 2.34. The number of nitrogens with zero attached hydrogens (tertiary/aromatic N) is 3. The van der Waals surface area contributed by atoms with Crippen molar-refractivity contribution in [1.82, 2.24) is 9.97 Å². The molecule has 1 aromatic rings. The van der Waals surface area contributed by atoms with Crippen LogP contribution in [0.5, 0.6) is 0 Å². The number of alkyl halides is 3. The van der Waals surface area contributed by atoms with E-state index in [2.05, 4.69) is 9.97 Å². The molecule has 1 aromatic heterocycles. The average Bonchev–Trinajstić information content (AvgIpc) is 2.28. The highest BCUT2D eigenvalue weighted by Gasteiger charge is 2.42. The van der Waals surface area contributed by atoms with E-state index in [4.69, 9.17) is 11.6 Å². The molecule has 0 amide bonds. The Hall–Kier alpha value is -1.04. The van der Waals surface area contributed by atoms with Gasteiger partial charge in [-0.25, -0.2) is 9.97 Å². The summed E-state index contributed by atoms with van der Waals surface area (Å²) in [6.45, 7) is 0.511. The molecule has 0 aromatic carbocycles. The maximum atomic E-state index is 12.6. The minimum atomic E-state index is -4.14. The Morgan fingerprint density at radius 2 is 2.12 bits per heavy atom. The number of halogens is 4. The molecule has 2 rings (SSSR count). The van der Waals surface area contributed by atoms with Gasteiger partial charge in [0.15, 0.2) is 0 Å². The van der Waals surface area contributed by atoms with E-state index >= 15 is 0 Å². The van der Waals surface area contributed by atoms with E-state index in [1.165, 1.54) is 12.4 Å². The molecule has 1 saturated heterocycles. The van der Waals surface area contributed by atoms with Crippen LogP contribution in [0.25, 0.3) is 0 Å². The van der Waals surface area contributed by atoms with Gasteiger partial charge in [-0.3, -0.25) is 0 Å². The number of hydrogen-bond donors (Lipinski definition) is 0. The molecule has 0 spiro atoms. The lowest BCUT2D eigenvalue weighted by atomic mass is 9.97. The minimum Gasteiger partial charge on any atom is -0.356 e. The molecule has 1 aliphatic heterocycles. The fourth-order valence-corrected chi connectivity index (χ4v) is 2.09. The fraction of sp³-hybridized carbons (Fsp3) is 0.600. The van der Waals surface area contributed by atoms with E-state index in [1.54, 1.807) is 4.90 Å². The van der Waals surface area contributed by atoms with Crippen molar-refractivity contribution in [2.45, 2.75) is 19.0 Å². The van der Waals surface area contributed by atoms with Gasteiger partial charge < -0.3 is 4.90 Å². The van der Waals surface area contributed by atoms with Gasteiger partial charge in [-0.1, -0.05) is 11.6 Å². The second-order valence-corrected chi connectivity index (χ2v) is 4.41. The largest absolute Gasteiger partial charge is 0.393 e. The molecular weight excluding hydrogens is 255 g/mol. The summed E-state index contributed by atoms with van der Waals surface area (Å²) in [5, 5.41) is 0.240. The standard InChI is InChI=1S/C10H11ClF3N3/c11-8-4-9(16-6-15-8)17-3-1-2-7(5-17)10(12,13)14/h4,6-7H,1-3,5H2. The summed E-state index contributed by atoms with van der Waals surface area (Å²) in [4.78, 5) is 9.26. The monoisotopic (exact) mass is 265 g/mol. The molecule has 1 unspecified atom stereocenters. The number of anilines is 1. The van der Waals surface area contributed by atoms with Gasteiger partial charge in [-0.05, 0) is 12.8 Å². The van der Waals surface area contributed by atoms with Crippen molar-refractivity contribution in [3.05, 3.63) is 17.5 Å². The second kappa shape index (κ2) is 4.68. The van der Waals surface area contributed by atoms with E-state index < -0.39 is 12.1 Å². The van der Waals surface area contributed by atoms with Gasteiger partial charge in [0.1, 0.15) is 17.3 Å². The molecule has 1 fully saturated rings. The molecule has 7 heteroatoms. The Labute approximate surface area is 102 Å². The first-order chi connectivity index (χ1) is 7.97. The van der Waals surface area contributed by atoms with Crippen molar-refractivity contribution in [3.63, 3.8) is 0 Å². The van der Waals surface area contributed by atoms with Crippen LogP contribution in [0.3, 0.4) is 0 Å². The number of rotatable bonds is 1. The van der Waals surface area contributed by atoms with Crippen LogP contribution in [0.15, 0.2) is 12.4 Å². The molecule has 0 bridgehead atoms. The Morgan fingerprint density at radius 1 is 1.35 bits per heavy atom. The third kappa shape index (κ3) is 3.00. The molecule has 1 aliphatic rings. The van der Waals surface area contributed by atoms with Crippen LogP contribution in [-0.4, -0.2) is 29.2 Å². The van der Waals surface area contributed by atoms with Gasteiger partial charge in [0.05, 0.1) is 5.92 Å². The smallest absolute Gasteiger partial charge is 0.356 e. The van der Waals surface area contributed by atoms with Crippen LogP contribution >= 0.6 is 11.6 Å². The summed E-state index contributed by atoms with van der Waals surface area (Å²) >= 11 is 5.69. The van der Waals surface area contributed by atoms with Gasteiger partial charge in [0.25, 0.3) is 0 Å². The molecule has 1 atom stereocenters. The third-order valence-electron chi connectivity index (χ3n) is 2.83. The highest BCUT2D eigenvalue weighted by molar-refractivity contribution is 6.29. The summed E-state index contributed by atoms with van der Waals surface area (Å²) in [7, 11) is 0. The van der Waals surface area contributed by atoms with E-state index in [1.807, 2.05) is 0 Å². The first kappa shape index (κ1) is 12.4. The molecule has 3 nitrogen and oxygen atoms in total. The minimum absolute atomic E-state index is 0.0587. The predicted octanol–water partition coefficient (Wildman–Crippen LogP) is 2.91. The zero-order valence-corrected chi connectivity index (χ0v) is 9.67. The third-order valence-corrected chi connectivity index (χ3v) is 3.03. The quantitative estimate of drug-likeness (QED) is 0.731. The SMILES string of the molecule is FC(F)(F)C1CCCN(c2cc(Cl)ncn2)C1. The lowest BCUT2D eigenvalue weighted by molar-refractivity contribution is -0.176. The van der Waals surface area contributed by atoms with Crippen molar-refractivity contribution >= 4 is 17.4 Å². The maximum absolute atomic E-state index is 12.6. The molecule has 0 saturated carbocycles. The van der Waals surface area contributed by atoms with Crippen molar-refractivity contribution < 1.29 is 13.2 Å². The average molecular weight is 266 g/mol. The molecular formula is C10H11ClF3N3. The Morgan fingerprint density at radius 3 is 2.76 bits per heavy atom. The summed E-state index contributed by atoms with van der Waals surface area (Å²) in [5.74, 6) is -0.830. The first-order valence-electron chi connectivity index (χ1n) is 5.26. The van der Waals surface area contributed by atoms with Crippen molar-refractivity contribution in [1.29, 1.82) is 0 Å². The summed E-state index contributed by atoms with van der Waals surface area (Å²) < 4.78 is 37.9. The lowest BCUT2D eigenvalue weighted by Gasteiger charge is -2.34. The van der Waals surface area contributed by atoms with Gasteiger partial charge >= 0.3 is 6.18 Å². The zero-order valence-electron chi connectivity index (χ0n) is 8.91. The van der Waals surface area contributed by atoms with Crippen LogP contribution in [-0.2, 0) is 0 Å². The highest BCUT2D eigenvalue weighted by atomic mass is 35.5. The molecule has 0 radical (unpaired) electrons. The molecule has 2 heterocycles. The van der Waals surface area contributed by atoms with Gasteiger partial charge in [0.2, 0.25) is 0 Å². The van der Waals surface area contributed by atoms with Crippen molar-refractivity contribution in [3.8, 4) is 0 Å². The number of aromatic nitrogens is 2. The fourth-order valence-electron chi connectivity index (χ4n) is 1.95. The summed E-state index contributed by atoms with van der Waals surface area (Å²) in [5.41, 5.74) is 0. The van der Waals surface area contributed by atoms with Crippen molar-refractivity contribution in [2.75, 3.05) is 18.0 Å². The maximum Gasteiger partial charge on any atom is 0.393 e. The molecule has 94 valence electrons. The van der Waals surface area contributed by atoms with Gasteiger partial charge in [-0.2, -0.15) is 13.2 Å². The summed E-state index contributed by atoms with van der Waals surface area (Å²) in [6, 6.07) is 1.49. The molecule has 17 heavy (non-hydrogen) atoms. The van der Waals surface area contributed by atoms with Gasteiger partial charge in [-0.15, -0.1) is 0 Å². The van der Waals surface area contributed by atoms with E-state index in [9.17, 15) is 13.2 Å². The summed E-state index contributed by atoms with van der Waals surface area (Å²) in [6.07, 6.45) is -2.20. The Balaban J connectivity index is 2.12. The van der Waals surface area contributed by atoms with Crippen LogP contribution < -0.4 is 4.90 Å². The van der Waals surface area contributed by atoms with E-state index in [0.29, 0.717) is 18.8 Å². The molecule has 0 N–H and O–H groups in total. The first-order valence-corrected chi connectivity index (χ1v) is 5.64. The predicted molar refractivity (Wildman–Crippen MR) is 58.0 cm³/mol. The Bertz CT molecular complexity index is 397. The van der Waals surface area contributed by atoms with Crippen molar-refractivity contribution in [2.24, 2.45) is 5.92 Å². The Kier molecular flexibility index (Phi) is 3.42. The second-order valence-electron chi connectivity index (χ2n) is 4.03. The van der Waals surface area contributed by atoms with Crippen LogP contribution in [0.1, 0.15) is 12.8 Å². The number of hydrogen-bond acceptors (Lipinski definition) is 3. The topological polar surface area (TPSA) is 29.0 Å². The zero-order chi connectivity index (χ0) is 12.5. The van der Waals surface area contributed by atoms with Gasteiger partial charge in [0, 0.05) is 19.2 Å². The normalized spacial score (nSPS) is 21.6. The molecule has 0 aliphatic carbocycles. The lowest BCUT2D eigenvalue weighted by Crippen LogP contribution is -2.42. The van der Waals surface area contributed by atoms with Crippen LogP contribution in [0.4, 0.5) is 19.0 Å². The van der Waals surface area contributed by atoms with E-state index in [0.717, 1.165) is 0 Å². The van der Waals surface area contributed by atoms with Crippen LogP contribution in [0, 0.1) is 5.92 Å².